The van der Waals surface area contributed by atoms with Crippen molar-refractivity contribution in [2.45, 2.75) is 6.54 Å². The van der Waals surface area contributed by atoms with Crippen LogP contribution in [0.3, 0.4) is 0 Å². The molecule has 234 valence electrons. The van der Waals surface area contributed by atoms with Gasteiger partial charge >= 0.3 is 0 Å². The van der Waals surface area contributed by atoms with E-state index in [0.29, 0.717) is 0 Å². The minimum Gasteiger partial charge on any atom is -0.336 e. The molecule has 0 fully saturated rings. The second kappa shape index (κ2) is 10.2. The van der Waals surface area contributed by atoms with Gasteiger partial charge in [0, 0.05) is 55.6 Å². The number of pyridine rings is 1. The van der Waals surface area contributed by atoms with Crippen LogP contribution < -0.4 is 0 Å². The third-order valence-corrected chi connectivity index (χ3v) is 10.6. The van der Waals surface area contributed by atoms with Crippen LogP contribution in [0.15, 0.2) is 165 Å². The molecule has 10 aromatic rings. The van der Waals surface area contributed by atoms with Crippen LogP contribution in [-0.2, 0) is 6.54 Å². The van der Waals surface area contributed by atoms with Crippen molar-refractivity contribution in [2.24, 2.45) is 0 Å². The third-order valence-electron chi connectivity index (χ3n) is 10.6. The molecule has 0 saturated carbocycles. The summed E-state index contributed by atoms with van der Waals surface area (Å²) in [6, 6.07) is 43.9. The van der Waals surface area contributed by atoms with Crippen LogP contribution in [0, 0.1) is 0 Å². The van der Waals surface area contributed by atoms with Crippen molar-refractivity contribution in [3.8, 4) is 11.4 Å². The lowest BCUT2D eigenvalue weighted by Gasteiger charge is -2.13. The van der Waals surface area contributed by atoms with Crippen LogP contribution in [-0.4, -0.2) is 18.7 Å². The third kappa shape index (κ3) is 3.57. The molecule has 0 amide bonds. The maximum atomic E-state index is 4.97. The average molecular weight is 639 g/mol. The van der Waals surface area contributed by atoms with Crippen LogP contribution in [0.25, 0.3) is 93.1 Å². The highest BCUT2D eigenvalue weighted by atomic mass is 15.0. The zero-order valence-corrected chi connectivity index (χ0v) is 27.2. The summed E-state index contributed by atoms with van der Waals surface area (Å²) in [6.07, 6.45) is 12.7. The molecule has 4 aromatic heterocycles. The van der Waals surface area contributed by atoms with Gasteiger partial charge in [0.05, 0.1) is 45.7 Å². The first-order valence-electron chi connectivity index (χ1n) is 17.1. The molecule has 5 heterocycles. The van der Waals surface area contributed by atoms with Crippen molar-refractivity contribution < 1.29 is 0 Å². The lowest BCUT2D eigenvalue weighted by atomic mass is 9.94. The summed E-state index contributed by atoms with van der Waals surface area (Å²) < 4.78 is 7.28. The number of allylic oxidation sites excluding steroid dienone is 5. The standard InChI is InChI=1S/C46H30N4/c1-29-14-4-3-13-25-48-36-21-11-9-19-33(36)35-26-39-45(42(29)46(35)48)44-32-18-8-7-15-30(32)23-24-38(44)50(39)41-28-47-27-40-43(41)34-20-10-12-22-37(34)49(40)31-16-5-2-6-17-31/h2-24,26-28H,1,25H2/b13-3-,14-4-. The molecular weight excluding hydrogens is 609 g/mol. The molecule has 0 N–H and O–H groups in total. The first-order valence-corrected chi connectivity index (χ1v) is 17.1. The average Bonchev–Trinajstić information content (AvgIpc) is 3.81. The van der Waals surface area contributed by atoms with E-state index in [-0.39, 0.29) is 0 Å². The quantitative estimate of drug-likeness (QED) is 0.185. The predicted molar refractivity (Wildman–Crippen MR) is 211 cm³/mol. The highest BCUT2D eigenvalue weighted by molar-refractivity contribution is 6.30. The van der Waals surface area contributed by atoms with E-state index in [0.717, 1.165) is 45.6 Å². The summed E-state index contributed by atoms with van der Waals surface area (Å²) in [5.41, 5.74) is 11.3. The largest absolute Gasteiger partial charge is 0.336 e. The molecule has 4 nitrogen and oxygen atoms in total. The molecule has 6 aromatic carbocycles. The molecule has 0 spiro atoms. The van der Waals surface area contributed by atoms with Crippen molar-refractivity contribution >= 4 is 81.8 Å². The highest BCUT2D eigenvalue weighted by Crippen LogP contribution is 2.47. The van der Waals surface area contributed by atoms with E-state index in [1.807, 2.05) is 6.20 Å². The van der Waals surface area contributed by atoms with E-state index >= 15 is 0 Å². The minimum atomic E-state index is 0.780. The van der Waals surface area contributed by atoms with E-state index in [9.17, 15) is 0 Å². The van der Waals surface area contributed by atoms with Crippen molar-refractivity contribution in [1.82, 2.24) is 18.7 Å². The molecule has 1 aliphatic heterocycles. The molecule has 50 heavy (non-hydrogen) atoms. The Morgan fingerprint density at radius 1 is 0.540 bits per heavy atom. The fourth-order valence-electron chi connectivity index (χ4n) is 8.65. The van der Waals surface area contributed by atoms with Crippen molar-refractivity contribution in [2.75, 3.05) is 0 Å². The number of fused-ring (bicyclic) bond motifs is 12. The minimum absolute atomic E-state index is 0.780. The number of hydrogen-bond acceptors (Lipinski definition) is 1. The van der Waals surface area contributed by atoms with Gasteiger partial charge in [0.2, 0.25) is 0 Å². The maximum absolute atomic E-state index is 4.97. The van der Waals surface area contributed by atoms with Gasteiger partial charge in [-0.05, 0) is 52.7 Å². The van der Waals surface area contributed by atoms with E-state index in [1.54, 1.807) is 0 Å². The molecule has 0 radical (unpaired) electrons. The fourth-order valence-corrected chi connectivity index (χ4v) is 8.65. The van der Waals surface area contributed by atoms with E-state index in [4.69, 9.17) is 11.6 Å². The zero-order chi connectivity index (χ0) is 32.9. The second-order valence-electron chi connectivity index (χ2n) is 13.2. The van der Waals surface area contributed by atoms with Crippen molar-refractivity contribution in [3.63, 3.8) is 0 Å². The Morgan fingerprint density at radius 2 is 1.30 bits per heavy atom. The SMILES string of the molecule is C=C1/C=C\C=C/Cn2c3ccccc3c3cc4c(c1c32)c1c2ccccc2ccc1n4-c1cncc2c1c1ccccc1n2-c1ccccc1. The molecule has 0 bridgehead atoms. The van der Waals surface area contributed by atoms with Gasteiger partial charge in [-0.1, -0.05) is 116 Å². The summed E-state index contributed by atoms with van der Waals surface area (Å²) >= 11 is 0. The number of para-hydroxylation sites is 3. The van der Waals surface area contributed by atoms with Crippen LogP contribution in [0.1, 0.15) is 5.56 Å². The molecule has 11 rings (SSSR count). The number of nitrogens with zero attached hydrogens (tertiary/aromatic N) is 4. The summed E-state index contributed by atoms with van der Waals surface area (Å²) in [5, 5.41) is 9.75. The Morgan fingerprint density at radius 3 is 2.18 bits per heavy atom. The van der Waals surface area contributed by atoms with Crippen molar-refractivity contribution in [3.05, 3.63) is 170 Å². The van der Waals surface area contributed by atoms with Crippen LogP contribution >= 0.6 is 0 Å². The Kier molecular flexibility index (Phi) is 5.56. The van der Waals surface area contributed by atoms with Gasteiger partial charge < -0.3 is 13.7 Å². The van der Waals surface area contributed by atoms with Gasteiger partial charge in [-0.25, -0.2) is 0 Å². The zero-order valence-electron chi connectivity index (χ0n) is 27.2. The number of aromatic nitrogens is 4. The van der Waals surface area contributed by atoms with E-state index < -0.39 is 0 Å². The highest BCUT2D eigenvalue weighted by Gasteiger charge is 2.26. The number of rotatable bonds is 2. The molecule has 0 saturated heterocycles. The summed E-state index contributed by atoms with van der Waals surface area (Å²) in [5.74, 6) is 0. The van der Waals surface area contributed by atoms with Gasteiger partial charge in [-0.2, -0.15) is 0 Å². The predicted octanol–water partition coefficient (Wildman–Crippen LogP) is 11.7. The van der Waals surface area contributed by atoms with Gasteiger partial charge in [-0.15, -0.1) is 0 Å². The Labute approximate surface area is 287 Å². The molecular formula is C46H30N4. The first kappa shape index (κ1) is 27.3. The molecule has 0 unspecified atom stereocenters. The lowest BCUT2D eigenvalue weighted by Crippen LogP contribution is -1.99. The molecule has 4 heteroatoms. The van der Waals surface area contributed by atoms with E-state index in [1.165, 1.54) is 59.7 Å². The number of hydrogen-bond donors (Lipinski definition) is 0. The Balaban J connectivity index is 1.41. The summed E-state index contributed by atoms with van der Waals surface area (Å²) in [6.45, 7) is 5.52. The molecule has 0 atom stereocenters. The van der Waals surface area contributed by atoms with Crippen LogP contribution in [0.4, 0.5) is 0 Å². The van der Waals surface area contributed by atoms with Gasteiger partial charge in [0.1, 0.15) is 0 Å². The topological polar surface area (TPSA) is 27.7 Å². The summed E-state index contributed by atoms with van der Waals surface area (Å²) in [7, 11) is 0. The number of benzene rings is 6. The Bertz CT molecular complexity index is 3130. The van der Waals surface area contributed by atoms with Gasteiger partial charge in [-0.3, -0.25) is 4.98 Å². The molecule has 0 aliphatic carbocycles. The van der Waals surface area contributed by atoms with Crippen molar-refractivity contribution in [1.29, 1.82) is 0 Å². The first-order chi connectivity index (χ1) is 24.8. The lowest BCUT2D eigenvalue weighted by molar-refractivity contribution is 0.899. The van der Waals surface area contributed by atoms with Gasteiger partial charge in [0.25, 0.3) is 0 Å². The van der Waals surface area contributed by atoms with E-state index in [2.05, 4.69) is 166 Å². The smallest absolute Gasteiger partial charge is 0.0745 e. The maximum Gasteiger partial charge on any atom is 0.0745 e. The van der Waals surface area contributed by atoms with Crippen LogP contribution in [0.2, 0.25) is 0 Å². The second-order valence-corrected chi connectivity index (χ2v) is 13.2. The normalized spacial score (nSPS) is 14.7. The van der Waals surface area contributed by atoms with Gasteiger partial charge in [0.15, 0.2) is 0 Å². The Hall–Kier alpha value is -6.65. The summed E-state index contributed by atoms with van der Waals surface area (Å²) in [4.78, 5) is 4.97. The monoisotopic (exact) mass is 638 g/mol. The fraction of sp³-hybridized carbons (Fsp3) is 0.0217. The van der Waals surface area contributed by atoms with Crippen LogP contribution in [0.5, 0.6) is 0 Å². The molecule has 1 aliphatic rings.